The maximum Gasteiger partial charge on any atom is 0.187 e. The third-order valence-corrected chi connectivity index (χ3v) is 3.00. The minimum atomic E-state index is -0.513. The van der Waals surface area contributed by atoms with E-state index in [1.165, 1.54) is 0 Å². The molecule has 1 aliphatic heterocycles. The lowest BCUT2D eigenvalue weighted by Gasteiger charge is -2.33. The van der Waals surface area contributed by atoms with Crippen molar-refractivity contribution in [1.29, 1.82) is 0 Å². The summed E-state index contributed by atoms with van der Waals surface area (Å²) < 4.78 is 0. The van der Waals surface area contributed by atoms with E-state index >= 15 is 0 Å². The molecule has 0 saturated carbocycles. The molecule has 0 aromatic heterocycles. The second-order valence-electron chi connectivity index (χ2n) is 4.47. The van der Waals surface area contributed by atoms with Crippen LogP contribution in [0.4, 0.5) is 0 Å². The van der Waals surface area contributed by atoms with Crippen LogP contribution in [0.25, 0.3) is 0 Å². The van der Waals surface area contributed by atoms with Gasteiger partial charge in [0.15, 0.2) is 5.78 Å². The summed E-state index contributed by atoms with van der Waals surface area (Å²) in [6.07, 6.45) is 1.78. The average molecular weight is 216 g/mol. The van der Waals surface area contributed by atoms with Crippen LogP contribution in [-0.2, 0) is 0 Å². The topological polar surface area (TPSA) is 32.7 Å². The SMILES string of the molecule is CC(C)(C(=O)c1ccccc1)N1C=NCC1. The van der Waals surface area contributed by atoms with Crippen molar-refractivity contribution < 1.29 is 4.79 Å². The van der Waals surface area contributed by atoms with Crippen LogP contribution in [0.3, 0.4) is 0 Å². The van der Waals surface area contributed by atoms with E-state index in [0.29, 0.717) is 0 Å². The Morgan fingerprint density at radius 3 is 2.56 bits per heavy atom. The zero-order chi connectivity index (χ0) is 11.6. The quantitative estimate of drug-likeness (QED) is 0.724. The fourth-order valence-corrected chi connectivity index (χ4v) is 1.88. The lowest BCUT2D eigenvalue weighted by molar-refractivity contribution is 0.0797. The highest BCUT2D eigenvalue weighted by Crippen LogP contribution is 2.20. The maximum absolute atomic E-state index is 12.4. The molecule has 0 unspecified atom stereocenters. The minimum Gasteiger partial charge on any atom is -0.349 e. The van der Waals surface area contributed by atoms with E-state index in [1.54, 1.807) is 6.34 Å². The molecule has 0 bridgehead atoms. The van der Waals surface area contributed by atoms with Crippen molar-refractivity contribution in [3.63, 3.8) is 0 Å². The van der Waals surface area contributed by atoms with E-state index in [0.717, 1.165) is 18.7 Å². The van der Waals surface area contributed by atoms with Gasteiger partial charge in [-0.1, -0.05) is 30.3 Å². The van der Waals surface area contributed by atoms with Crippen LogP contribution < -0.4 is 0 Å². The number of hydrogen-bond donors (Lipinski definition) is 0. The average Bonchev–Trinajstić information content (AvgIpc) is 2.83. The van der Waals surface area contributed by atoms with Gasteiger partial charge in [0.2, 0.25) is 0 Å². The van der Waals surface area contributed by atoms with E-state index in [2.05, 4.69) is 4.99 Å². The molecule has 0 N–H and O–H groups in total. The number of ketones is 1. The molecule has 0 amide bonds. The Kier molecular flexibility index (Phi) is 2.77. The van der Waals surface area contributed by atoms with Gasteiger partial charge in [-0.25, -0.2) is 0 Å². The molecule has 1 heterocycles. The lowest BCUT2D eigenvalue weighted by Crippen LogP contribution is -2.48. The fourth-order valence-electron chi connectivity index (χ4n) is 1.88. The van der Waals surface area contributed by atoms with Gasteiger partial charge in [-0.2, -0.15) is 0 Å². The van der Waals surface area contributed by atoms with Crippen LogP contribution in [0.2, 0.25) is 0 Å². The fraction of sp³-hybridized carbons (Fsp3) is 0.385. The normalized spacial score (nSPS) is 15.5. The number of aliphatic imine (C=N–C) groups is 1. The van der Waals surface area contributed by atoms with E-state index in [-0.39, 0.29) is 5.78 Å². The zero-order valence-corrected chi connectivity index (χ0v) is 9.68. The van der Waals surface area contributed by atoms with Gasteiger partial charge in [0, 0.05) is 12.1 Å². The van der Waals surface area contributed by atoms with Crippen LogP contribution in [0.1, 0.15) is 24.2 Å². The van der Waals surface area contributed by atoms with Crippen LogP contribution in [0.5, 0.6) is 0 Å². The van der Waals surface area contributed by atoms with Crippen molar-refractivity contribution in [3.8, 4) is 0 Å². The Balaban J connectivity index is 2.24. The highest BCUT2D eigenvalue weighted by atomic mass is 16.1. The van der Waals surface area contributed by atoms with Crippen molar-refractivity contribution in [1.82, 2.24) is 4.90 Å². The Hall–Kier alpha value is -1.64. The number of rotatable bonds is 3. The standard InChI is InChI=1S/C13H16N2O/c1-13(2,15-9-8-14-10-15)12(16)11-6-4-3-5-7-11/h3-7,10H,8-9H2,1-2H3. The molecular weight excluding hydrogens is 200 g/mol. The van der Waals surface area contributed by atoms with E-state index in [9.17, 15) is 4.79 Å². The highest BCUT2D eigenvalue weighted by molar-refractivity contribution is 6.03. The summed E-state index contributed by atoms with van der Waals surface area (Å²) in [7, 11) is 0. The first-order valence-corrected chi connectivity index (χ1v) is 5.49. The summed E-state index contributed by atoms with van der Waals surface area (Å²) in [6.45, 7) is 5.50. The molecular formula is C13H16N2O. The number of benzene rings is 1. The van der Waals surface area contributed by atoms with Crippen molar-refractivity contribution in [2.75, 3.05) is 13.1 Å². The molecule has 0 saturated heterocycles. The van der Waals surface area contributed by atoms with Crippen molar-refractivity contribution in [2.45, 2.75) is 19.4 Å². The molecule has 1 aromatic rings. The van der Waals surface area contributed by atoms with Gasteiger partial charge < -0.3 is 4.90 Å². The number of hydrogen-bond acceptors (Lipinski definition) is 3. The molecule has 2 rings (SSSR count). The predicted octanol–water partition coefficient (Wildman–Crippen LogP) is 1.99. The third kappa shape index (κ3) is 1.85. The Morgan fingerprint density at radius 2 is 2.00 bits per heavy atom. The Labute approximate surface area is 95.8 Å². The maximum atomic E-state index is 12.4. The highest BCUT2D eigenvalue weighted by Gasteiger charge is 2.34. The van der Waals surface area contributed by atoms with Gasteiger partial charge in [0.05, 0.1) is 18.4 Å². The van der Waals surface area contributed by atoms with Gasteiger partial charge in [0.25, 0.3) is 0 Å². The number of carbonyl (C=O) groups excluding carboxylic acids is 1. The molecule has 0 aliphatic carbocycles. The van der Waals surface area contributed by atoms with E-state index < -0.39 is 5.54 Å². The van der Waals surface area contributed by atoms with Crippen LogP contribution >= 0.6 is 0 Å². The molecule has 0 spiro atoms. The second-order valence-corrected chi connectivity index (χ2v) is 4.47. The van der Waals surface area contributed by atoms with Crippen molar-refractivity contribution in [2.24, 2.45) is 4.99 Å². The smallest absolute Gasteiger partial charge is 0.187 e. The molecule has 0 fully saturated rings. The summed E-state index contributed by atoms with van der Waals surface area (Å²) in [5.74, 6) is 0.140. The number of carbonyl (C=O) groups is 1. The van der Waals surface area contributed by atoms with Gasteiger partial charge in [-0.15, -0.1) is 0 Å². The van der Waals surface area contributed by atoms with Gasteiger partial charge >= 0.3 is 0 Å². The Bertz CT molecular complexity index is 409. The zero-order valence-electron chi connectivity index (χ0n) is 9.68. The molecule has 0 atom stereocenters. The summed E-state index contributed by atoms with van der Waals surface area (Å²) in [5.41, 5.74) is 0.245. The molecule has 3 nitrogen and oxygen atoms in total. The number of Topliss-reactive ketones (excluding diaryl/α,β-unsaturated/α-hetero) is 1. The lowest BCUT2D eigenvalue weighted by atomic mass is 9.92. The van der Waals surface area contributed by atoms with Crippen LogP contribution in [-0.4, -0.2) is 35.7 Å². The molecule has 0 radical (unpaired) electrons. The summed E-state index contributed by atoms with van der Waals surface area (Å²) in [5, 5.41) is 0. The van der Waals surface area contributed by atoms with E-state index in [1.807, 2.05) is 49.1 Å². The van der Waals surface area contributed by atoms with Gasteiger partial charge in [-0.05, 0) is 13.8 Å². The largest absolute Gasteiger partial charge is 0.349 e. The predicted molar refractivity (Wildman–Crippen MR) is 64.9 cm³/mol. The van der Waals surface area contributed by atoms with E-state index in [4.69, 9.17) is 0 Å². The van der Waals surface area contributed by atoms with Crippen molar-refractivity contribution in [3.05, 3.63) is 35.9 Å². The second kappa shape index (κ2) is 4.08. The molecule has 3 heteroatoms. The Morgan fingerprint density at radius 1 is 1.31 bits per heavy atom. The molecule has 16 heavy (non-hydrogen) atoms. The number of nitrogens with zero attached hydrogens (tertiary/aromatic N) is 2. The van der Waals surface area contributed by atoms with Gasteiger partial charge in [-0.3, -0.25) is 9.79 Å². The first-order valence-electron chi connectivity index (χ1n) is 5.49. The summed E-state index contributed by atoms with van der Waals surface area (Å²) in [4.78, 5) is 18.5. The van der Waals surface area contributed by atoms with Gasteiger partial charge in [0.1, 0.15) is 0 Å². The summed E-state index contributed by atoms with van der Waals surface area (Å²) >= 11 is 0. The van der Waals surface area contributed by atoms with Crippen LogP contribution in [0, 0.1) is 0 Å². The minimum absolute atomic E-state index is 0.140. The molecule has 1 aliphatic rings. The molecule has 1 aromatic carbocycles. The van der Waals surface area contributed by atoms with Crippen LogP contribution in [0.15, 0.2) is 35.3 Å². The first-order chi connectivity index (χ1) is 7.62. The molecule has 84 valence electrons. The third-order valence-electron chi connectivity index (χ3n) is 3.00. The monoisotopic (exact) mass is 216 g/mol. The van der Waals surface area contributed by atoms with Crippen molar-refractivity contribution >= 4 is 12.1 Å². The first kappa shape index (κ1) is 10.9. The summed E-state index contributed by atoms with van der Waals surface area (Å²) in [6, 6.07) is 9.42.